The summed E-state index contributed by atoms with van der Waals surface area (Å²) in [6.45, 7) is 3.86. The molecule has 0 radical (unpaired) electrons. The lowest BCUT2D eigenvalue weighted by molar-refractivity contribution is -0.0644. The summed E-state index contributed by atoms with van der Waals surface area (Å²) < 4.78 is 28.1. The molecule has 18 heavy (non-hydrogen) atoms. The standard InChI is InChI=1S/C12H18ClO4P/c1-4-16-18(14,5-2)17-12(15-3)10-6-8-11(13)9-7-10/h6-9,12H,4-5H2,1-3H3/t12-,18+/m1/s1. The predicted molar refractivity (Wildman–Crippen MR) is 72.1 cm³/mol. The number of benzene rings is 1. The Morgan fingerprint density at radius 2 is 1.89 bits per heavy atom. The van der Waals surface area contributed by atoms with Crippen LogP contribution in [0.3, 0.4) is 0 Å². The molecule has 0 heterocycles. The Morgan fingerprint density at radius 1 is 1.28 bits per heavy atom. The molecular formula is C12H18ClO4P. The lowest BCUT2D eigenvalue weighted by Gasteiger charge is -2.22. The number of ether oxygens (including phenoxy) is 1. The minimum atomic E-state index is -3.11. The van der Waals surface area contributed by atoms with E-state index in [2.05, 4.69) is 0 Å². The Kier molecular flexibility index (Phi) is 6.33. The van der Waals surface area contributed by atoms with E-state index in [9.17, 15) is 4.57 Å². The molecule has 2 atom stereocenters. The molecule has 0 fully saturated rings. The highest BCUT2D eigenvalue weighted by Crippen LogP contribution is 2.51. The van der Waals surface area contributed by atoms with E-state index < -0.39 is 13.9 Å². The first-order valence-electron chi connectivity index (χ1n) is 5.75. The molecule has 0 bridgehead atoms. The van der Waals surface area contributed by atoms with E-state index in [1.807, 2.05) is 0 Å². The Bertz CT molecular complexity index is 407. The maximum absolute atomic E-state index is 12.2. The van der Waals surface area contributed by atoms with Gasteiger partial charge in [0.25, 0.3) is 0 Å². The molecule has 0 aliphatic rings. The molecule has 0 aliphatic carbocycles. The quantitative estimate of drug-likeness (QED) is 0.556. The maximum Gasteiger partial charge on any atom is 0.332 e. The van der Waals surface area contributed by atoms with Crippen molar-refractivity contribution in [3.8, 4) is 0 Å². The molecule has 1 aromatic rings. The van der Waals surface area contributed by atoms with Crippen molar-refractivity contribution in [3.63, 3.8) is 0 Å². The van der Waals surface area contributed by atoms with Gasteiger partial charge in [0.15, 0.2) is 6.29 Å². The van der Waals surface area contributed by atoms with Crippen molar-refractivity contribution in [2.45, 2.75) is 20.1 Å². The van der Waals surface area contributed by atoms with E-state index in [4.69, 9.17) is 25.4 Å². The van der Waals surface area contributed by atoms with Crippen molar-refractivity contribution in [1.82, 2.24) is 0 Å². The van der Waals surface area contributed by atoms with Crippen molar-refractivity contribution < 1.29 is 18.3 Å². The first kappa shape index (κ1) is 15.7. The summed E-state index contributed by atoms with van der Waals surface area (Å²) in [5.41, 5.74) is 0.746. The molecule has 0 N–H and O–H groups in total. The van der Waals surface area contributed by atoms with Crippen molar-refractivity contribution in [1.29, 1.82) is 0 Å². The van der Waals surface area contributed by atoms with E-state index in [1.165, 1.54) is 7.11 Å². The highest BCUT2D eigenvalue weighted by Gasteiger charge is 2.27. The van der Waals surface area contributed by atoms with Gasteiger partial charge >= 0.3 is 7.60 Å². The fourth-order valence-electron chi connectivity index (χ4n) is 1.40. The van der Waals surface area contributed by atoms with Gasteiger partial charge in [0.1, 0.15) is 0 Å². The molecule has 1 aromatic carbocycles. The molecule has 0 spiro atoms. The third-order valence-electron chi connectivity index (χ3n) is 2.33. The van der Waals surface area contributed by atoms with Crippen molar-refractivity contribution in [2.24, 2.45) is 0 Å². The molecule has 6 heteroatoms. The summed E-state index contributed by atoms with van der Waals surface area (Å²) in [6, 6.07) is 6.98. The van der Waals surface area contributed by atoms with Gasteiger partial charge in [-0.2, -0.15) is 0 Å². The molecule has 0 unspecified atom stereocenters. The second-order valence-electron chi connectivity index (χ2n) is 3.57. The SMILES string of the molecule is CCO[P@@](=O)(CC)O[C@@H](OC)c1ccc(Cl)cc1. The second kappa shape index (κ2) is 7.27. The first-order valence-corrected chi connectivity index (χ1v) is 7.85. The van der Waals surface area contributed by atoms with Crippen LogP contribution in [0.5, 0.6) is 0 Å². The van der Waals surface area contributed by atoms with Gasteiger partial charge in [0, 0.05) is 23.9 Å². The zero-order valence-corrected chi connectivity index (χ0v) is 12.4. The van der Waals surface area contributed by atoms with E-state index in [0.717, 1.165) is 5.56 Å². The lowest BCUT2D eigenvalue weighted by Crippen LogP contribution is -2.08. The summed E-state index contributed by atoms with van der Waals surface area (Å²) in [5.74, 6) is 0. The van der Waals surface area contributed by atoms with Gasteiger partial charge in [-0.15, -0.1) is 0 Å². The molecular weight excluding hydrogens is 275 g/mol. The normalized spacial score (nSPS) is 16.2. The zero-order valence-electron chi connectivity index (χ0n) is 10.8. The van der Waals surface area contributed by atoms with Crippen LogP contribution in [0.25, 0.3) is 0 Å². The van der Waals surface area contributed by atoms with Crippen LogP contribution in [0.15, 0.2) is 24.3 Å². The molecule has 0 aliphatic heterocycles. The van der Waals surface area contributed by atoms with Gasteiger partial charge in [-0.25, -0.2) is 0 Å². The molecule has 0 aromatic heterocycles. The van der Waals surface area contributed by atoms with Gasteiger partial charge in [-0.05, 0) is 19.1 Å². The summed E-state index contributed by atoms with van der Waals surface area (Å²) in [5, 5.41) is 0.622. The fourth-order valence-corrected chi connectivity index (χ4v) is 2.81. The van der Waals surface area contributed by atoms with Crippen LogP contribution in [0, 0.1) is 0 Å². The largest absolute Gasteiger partial charge is 0.351 e. The van der Waals surface area contributed by atoms with Crippen LogP contribution in [0.4, 0.5) is 0 Å². The summed E-state index contributed by atoms with van der Waals surface area (Å²) in [6.07, 6.45) is -0.423. The number of halogens is 1. The van der Waals surface area contributed by atoms with Crippen LogP contribution in [0.1, 0.15) is 25.7 Å². The van der Waals surface area contributed by atoms with E-state index in [0.29, 0.717) is 17.8 Å². The summed E-state index contributed by atoms with van der Waals surface area (Å²) in [4.78, 5) is 0. The Balaban J connectivity index is 2.84. The molecule has 0 saturated heterocycles. The average Bonchev–Trinajstić information content (AvgIpc) is 2.37. The zero-order chi connectivity index (χ0) is 13.6. The molecule has 0 amide bonds. The van der Waals surface area contributed by atoms with E-state index >= 15 is 0 Å². The lowest BCUT2D eigenvalue weighted by atomic mass is 10.2. The fraction of sp³-hybridized carbons (Fsp3) is 0.500. The van der Waals surface area contributed by atoms with E-state index in [-0.39, 0.29) is 0 Å². The van der Waals surface area contributed by atoms with Crippen LogP contribution < -0.4 is 0 Å². The van der Waals surface area contributed by atoms with Crippen molar-refractivity contribution in [2.75, 3.05) is 19.9 Å². The first-order chi connectivity index (χ1) is 8.54. The maximum atomic E-state index is 12.2. The Morgan fingerprint density at radius 3 is 2.33 bits per heavy atom. The van der Waals surface area contributed by atoms with Crippen LogP contribution >= 0.6 is 19.2 Å². The van der Waals surface area contributed by atoms with Crippen LogP contribution in [-0.2, 0) is 18.3 Å². The summed E-state index contributed by atoms with van der Waals surface area (Å²) in [7, 11) is -1.62. The minimum absolute atomic E-state index is 0.300. The molecule has 4 nitrogen and oxygen atoms in total. The van der Waals surface area contributed by atoms with Gasteiger partial charge in [0.2, 0.25) is 0 Å². The monoisotopic (exact) mass is 292 g/mol. The second-order valence-corrected chi connectivity index (χ2v) is 6.33. The number of hydrogen-bond acceptors (Lipinski definition) is 4. The van der Waals surface area contributed by atoms with Gasteiger partial charge < -0.3 is 9.26 Å². The smallest absolute Gasteiger partial charge is 0.332 e. The average molecular weight is 293 g/mol. The Hall–Kier alpha value is -0.380. The van der Waals surface area contributed by atoms with Crippen LogP contribution in [-0.4, -0.2) is 19.9 Å². The molecule has 102 valence electrons. The van der Waals surface area contributed by atoms with Crippen molar-refractivity contribution >= 4 is 19.2 Å². The predicted octanol–water partition coefficient (Wildman–Crippen LogP) is 4.25. The van der Waals surface area contributed by atoms with Gasteiger partial charge in [-0.1, -0.05) is 30.7 Å². The topological polar surface area (TPSA) is 44.8 Å². The number of methoxy groups -OCH3 is 1. The minimum Gasteiger partial charge on any atom is -0.351 e. The van der Waals surface area contributed by atoms with Crippen molar-refractivity contribution in [3.05, 3.63) is 34.9 Å². The third-order valence-corrected chi connectivity index (χ3v) is 4.52. The number of hydrogen-bond donors (Lipinski definition) is 0. The van der Waals surface area contributed by atoms with Crippen LogP contribution in [0.2, 0.25) is 5.02 Å². The van der Waals surface area contributed by atoms with Gasteiger partial charge in [0.05, 0.1) is 6.61 Å². The van der Waals surface area contributed by atoms with Gasteiger partial charge in [-0.3, -0.25) is 9.09 Å². The molecule has 1 rings (SSSR count). The molecule has 0 saturated carbocycles. The summed E-state index contributed by atoms with van der Waals surface area (Å²) >= 11 is 5.81. The highest BCUT2D eigenvalue weighted by atomic mass is 35.5. The number of rotatable bonds is 7. The highest BCUT2D eigenvalue weighted by molar-refractivity contribution is 7.53. The third kappa shape index (κ3) is 4.38. The van der Waals surface area contributed by atoms with E-state index in [1.54, 1.807) is 38.1 Å². The Labute approximate surface area is 113 Å².